The summed E-state index contributed by atoms with van der Waals surface area (Å²) in [5.41, 5.74) is 8.78. The number of fused-ring (bicyclic) bond motifs is 1. The van der Waals surface area contributed by atoms with Crippen molar-refractivity contribution in [3.05, 3.63) is 48.3 Å². The highest BCUT2D eigenvalue weighted by Crippen LogP contribution is 2.38. The largest absolute Gasteiger partial charge is 0.497 e. The second-order valence-electron chi connectivity index (χ2n) is 6.92. The van der Waals surface area contributed by atoms with E-state index in [9.17, 15) is 4.79 Å². The number of hydrogen-bond acceptors (Lipinski definition) is 6. The van der Waals surface area contributed by atoms with E-state index in [0.29, 0.717) is 17.0 Å². The van der Waals surface area contributed by atoms with Gasteiger partial charge in [-0.25, -0.2) is 4.98 Å². The van der Waals surface area contributed by atoms with Gasteiger partial charge in [0.1, 0.15) is 17.2 Å². The van der Waals surface area contributed by atoms with Crippen LogP contribution in [0.15, 0.2) is 42.6 Å². The summed E-state index contributed by atoms with van der Waals surface area (Å²) in [5.74, 6) is 1.52. The minimum Gasteiger partial charge on any atom is -0.497 e. The summed E-state index contributed by atoms with van der Waals surface area (Å²) in [4.78, 5) is 22.3. The summed E-state index contributed by atoms with van der Waals surface area (Å²) < 4.78 is 10.9. The highest BCUT2D eigenvalue weighted by molar-refractivity contribution is 5.93. The topological polar surface area (TPSA) is 90.6 Å². The van der Waals surface area contributed by atoms with Crippen LogP contribution in [0.2, 0.25) is 0 Å². The maximum atomic E-state index is 11.5. The minimum atomic E-state index is -0.591. The fourth-order valence-corrected chi connectivity index (χ4v) is 3.15. The van der Waals surface area contributed by atoms with Gasteiger partial charge in [0.15, 0.2) is 0 Å². The number of anilines is 2. The quantitative estimate of drug-likeness (QED) is 0.678. The van der Waals surface area contributed by atoms with Crippen molar-refractivity contribution in [2.24, 2.45) is 11.7 Å². The number of benzene rings is 2. The van der Waals surface area contributed by atoms with Crippen molar-refractivity contribution in [2.45, 2.75) is 12.8 Å². The minimum absolute atomic E-state index is 0.154. The summed E-state index contributed by atoms with van der Waals surface area (Å²) in [6.07, 6.45) is 3.84. The van der Waals surface area contributed by atoms with Crippen molar-refractivity contribution in [3.8, 4) is 11.5 Å². The first kappa shape index (κ1) is 18.0. The van der Waals surface area contributed by atoms with Crippen LogP contribution in [0.1, 0.15) is 23.3 Å². The van der Waals surface area contributed by atoms with Gasteiger partial charge in [0, 0.05) is 36.1 Å². The Hall–Kier alpha value is -3.35. The van der Waals surface area contributed by atoms with Crippen molar-refractivity contribution < 1.29 is 14.3 Å². The average Bonchev–Trinajstić information content (AvgIpc) is 3.55. The molecule has 0 saturated heterocycles. The molecular weight excluding hydrogens is 356 g/mol. The van der Waals surface area contributed by atoms with Crippen LogP contribution in [0.4, 0.5) is 11.4 Å². The first-order valence-electron chi connectivity index (χ1n) is 9.14. The molecule has 1 aromatic heterocycles. The lowest BCUT2D eigenvalue weighted by Crippen LogP contribution is -2.20. The van der Waals surface area contributed by atoms with E-state index in [4.69, 9.17) is 15.2 Å². The molecule has 1 amide bonds. The molecule has 1 aliphatic rings. The molecule has 1 heterocycles. The van der Waals surface area contributed by atoms with Crippen LogP contribution in [-0.2, 0) is 0 Å². The number of amides is 1. The number of methoxy groups -OCH3 is 2. The van der Waals surface area contributed by atoms with Gasteiger partial charge in [-0.15, -0.1) is 0 Å². The van der Waals surface area contributed by atoms with Crippen molar-refractivity contribution in [1.82, 2.24) is 9.97 Å². The van der Waals surface area contributed by atoms with Crippen molar-refractivity contribution >= 4 is 28.3 Å². The molecule has 7 nitrogen and oxygen atoms in total. The normalized spacial score (nSPS) is 13.4. The van der Waals surface area contributed by atoms with Crippen LogP contribution in [0.5, 0.6) is 11.5 Å². The Morgan fingerprint density at radius 1 is 1.07 bits per heavy atom. The van der Waals surface area contributed by atoms with E-state index in [2.05, 4.69) is 14.9 Å². The Morgan fingerprint density at radius 3 is 2.39 bits per heavy atom. The van der Waals surface area contributed by atoms with E-state index in [1.165, 1.54) is 19.0 Å². The van der Waals surface area contributed by atoms with E-state index in [1.54, 1.807) is 14.2 Å². The summed E-state index contributed by atoms with van der Waals surface area (Å²) in [7, 11) is 3.28. The van der Waals surface area contributed by atoms with E-state index < -0.39 is 5.91 Å². The number of carbonyl (C=O) groups is 1. The lowest BCUT2D eigenvalue weighted by atomic mass is 10.2. The molecule has 0 aliphatic heterocycles. The molecule has 4 rings (SSSR count). The molecule has 0 atom stereocenters. The van der Waals surface area contributed by atoms with Gasteiger partial charge in [0.25, 0.3) is 5.91 Å². The van der Waals surface area contributed by atoms with Gasteiger partial charge in [-0.3, -0.25) is 9.78 Å². The molecule has 1 saturated carbocycles. The molecule has 0 unspecified atom stereocenters. The van der Waals surface area contributed by atoms with Crippen LogP contribution < -0.4 is 20.1 Å². The number of nitrogens with zero attached hydrogens (tertiary/aromatic N) is 3. The summed E-state index contributed by atoms with van der Waals surface area (Å²) >= 11 is 0. The highest BCUT2D eigenvalue weighted by atomic mass is 16.5. The molecule has 3 aromatic rings. The number of hydrogen-bond donors (Lipinski definition) is 1. The third-order valence-electron chi connectivity index (χ3n) is 4.88. The summed E-state index contributed by atoms with van der Waals surface area (Å²) in [6, 6.07) is 11.7. The lowest BCUT2D eigenvalue weighted by Gasteiger charge is -2.26. The number of primary amides is 1. The van der Waals surface area contributed by atoms with Crippen LogP contribution in [-0.4, -0.2) is 36.6 Å². The number of nitrogens with two attached hydrogens (primary N) is 1. The van der Waals surface area contributed by atoms with Crippen molar-refractivity contribution in [2.75, 3.05) is 25.7 Å². The van der Waals surface area contributed by atoms with Gasteiger partial charge in [-0.2, -0.15) is 0 Å². The monoisotopic (exact) mass is 378 g/mol. The second-order valence-corrected chi connectivity index (χ2v) is 6.92. The van der Waals surface area contributed by atoms with Gasteiger partial charge in [-0.1, -0.05) is 0 Å². The smallest absolute Gasteiger partial charge is 0.268 e. The molecule has 28 heavy (non-hydrogen) atoms. The Kier molecular flexibility index (Phi) is 4.73. The van der Waals surface area contributed by atoms with Crippen molar-refractivity contribution in [1.29, 1.82) is 0 Å². The molecular formula is C21H22N4O3. The molecule has 7 heteroatoms. The second kappa shape index (κ2) is 7.34. The molecule has 1 aliphatic carbocycles. The molecule has 144 valence electrons. The lowest BCUT2D eigenvalue weighted by molar-refractivity contribution is 0.0995. The first-order valence-corrected chi connectivity index (χ1v) is 9.14. The molecule has 0 bridgehead atoms. The number of ether oxygens (including phenoxy) is 2. The molecule has 1 fully saturated rings. The van der Waals surface area contributed by atoms with E-state index in [1.807, 2.05) is 36.4 Å². The maximum absolute atomic E-state index is 11.5. The third-order valence-corrected chi connectivity index (χ3v) is 4.88. The number of aromatic nitrogens is 2. The van der Waals surface area contributed by atoms with Crippen LogP contribution in [0.25, 0.3) is 11.0 Å². The average molecular weight is 378 g/mol. The Labute approximate surface area is 163 Å². The van der Waals surface area contributed by atoms with E-state index in [0.717, 1.165) is 29.4 Å². The van der Waals surface area contributed by atoms with Gasteiger partial charge < -0.3 is 20.1 Å². The zero-order chi connectivity index (χ0) is 19.7. The van der Waals surface area contributed by atoms with E-state index in [-0.39, 0.29) is 5.69 Å². The fourth-order valence-electron chi connectivity index (χ4n) is 3.15. The maximum Gasteiger partial charge on any atom is 0.268 e. The highest BCUT2D eigenvalue weighted by Gasteiger charge is 2.26. The van der Waals surface area contributed by atoms with Gasteiger partial charge in [-0.05, 0) is 37.0 Å². The SMILES string of the molecule is COc1cc(OC)cc(N(CC2CC2)c2ccc3ncc(C(N)=O)nc3c2)c1. The van der Waals surface area contributed by atoms with Crippen LogP contribution in [0, 0.1) is 5.92 Å². The Morgan fingerprint density at radius 2 is 1.79 bits per heavy atom. The Balaban J connectivity index is 1.80. The van der Waals surface area contributed by atoms with Gasteiger partial charge in [0.05, 0.1) is 31.4 Å². The van der Waals surface area contributed by atoms with Crippen molar-refractivity contribution in [3.63, 3.8) is 0 Å². The third kappa shape index (κ3) is 3.69. The van der Waals surface area contributed by atoms with Gasteiger partial charge in [0.2, 0.25) is 0 Å². The van der Waals surface area contributed by atoms with Crippen LogP contribution in [0.3, 0.4) is 0 Å². The Bertz CT molecular complexity index is 1010. The summed E-state index contributed by atoms with van der Waals surface area (Å²) in [6.45, 7) is 0.880. The molecule has 0 spiro atoms. The molecule has 0 radical (unpaired) electrons. The fraction of sp³-hybridized carbons (Fsp3) is 0.286. The number of rotatable bonds is 7. The number of carbonyl (C=O) groups excluding carboxylic acids is 1. The predicted octanol–water partition coefficient (Wildman–Crippen LogP) is 3.29. The zero-order valence-electron chi connectivity index (χ0n) is 15.9. The molecule has 2 aromatic carbocycles. The zero-order valence-corrected chi connectivity index (χ0v) is 15.9. The predicted molar refractivity (Wildman–Crippen MR) is 107 cm³/mol. The standard InChI is InChI=1S/C21H22N4O3/c1-27-16-7-15(8-17(10-16)28-2)25(12-13-3-4-13)14-5-6-18-19(9-14)24-20(11-23-18)21(22)26/h5-11,13H,3-4,12H2,1-2H3,(H2,22,26). The van der Waals surface area contributed by atoms with Crippen LogP contribution >= 0.6 is 0 Å². The van der Waals surface area contributed by atoms with Gasteiger partial charge >= 0.3 is 0 Å². The molecule has 2 N–H and O–H groups in total. The first-order chi connectivity index (χ1) is 13.6. The van der Waals surface area contributed by atoms with E-state index >= 15 is 0 Å². The summed E-state index contributed by atoms with van der Waals surface area (Å²) in [5, 5.41) is 0.